The number of hydrogen-bond donors (Lipinski definition) is 2. The molecule has 2 aromatic rings. The van der Waals surface area contributed by atoms with Gasteiger partial charge in [-0.1, -0.05) is 0 Å². The monoisotopic (exact) mass is 282 g/mol. The van der Waals surface area contributed by atoms with Crippen molar-refractivity contribution in [3.8, 4) is 0 Å². The summed E-state index contributed by atoms with van der Waals surface area (Å²) in [6, 6.07) is 6.98. The fourth-order valence-corrected chi connectivity index (χ4v) is 1.84. The van der Waals surface area contributed by atoms with Gasteiger partial charge in [0, 0.05) is 29.7 Å². The van der Waals surface area contributed by atoms with Gasteiger partial charge in [-0.15, -0.1) is 0 Å². The van der Waals surface area contributed by atoms with Gasteiger partial charge in [0.1, 0.15) is 5.69 Å². The van der Waals surface area contributed by atoms with E-state index in [2.05, 4.69) is 20.6 Å². The molecular formula is C15H14N4O2. The Morgan fingerprint density at radius 3 is 2.24 bits per heavy atom. The molecule has 1 aliphatic rings. The minimum Gasteiger partial charge on any atom is -0.326 e. The number of rotatable bonds is 4. The van der Waals surface area contributed by atoms with Crippen LogP contribution in [0, 0.1) is 5.92 Å². The van der Waals surface area contributed by atoms with Crippen LogP contribution < -0.4 is 10.6 Å². The molecule has 21 heavy (non-hydrogen) atoms. The van der Waals surface area contributed by atoms with Gasteiger partial charge in [-0.2, -0.15) is 0 Å². The Morgan fingerprint density at radius 1 is 1.00 bits per heavy atom. The zero-order valence-corrected chi connectivity index (χ0v) is 11.2. The minimum atomic E-state index is -0.321. The van der Waals surface area contributed by atoms with Crippen LogP contribution in [-0.2, 0) is 4.79 Å². The maximum Gasteiger partial charge on any atom is 0.275 e. The molecule has 2 N–H and O–H groups in total. The molecule has 1 fully saturated rings. The minimum absolute atomic E-state index is 0.0614. The summed E-state index contributed by atoms with van der Waals surface area (Å²) in [4.78, 5) is 31.3. The zero-order valence-electron chi connectivity index (χ0n) is 11.2. The Balaban J connectivity index is 1.61. The van der Waals surface area contributed by atoms with Crippen LogP contribution in [0.3, 0.4) is 0 Å². The summed E-state index contributed by atoms with van der Waals surface area (Å²) in [6.07, 6.45) is 6.31. The maximum atomic E-state index is 11.9. The highest BCUT2D eigenvalue weighted by atomic mass is 16.2. The molecule has 0 saturated heterocycles. The van der Waals surface area contributed by atoms with Gasteiger partial charge in [-0.3, -0.25) is 14.6 Å². The maximum absolute atomic E-state index is 11.9. The van der Waals surface area contributed by atoms with Crippen LogP contribution in [0.15, 0.2) is 42.9 Å². The molecule has 1 aromatic carbocycles. The van der Waals surface area contributed by atoms with Crippen molar-refractivity contribution in [3.63, 3.8) is 0 Å². The second kappa shape index (κ2) is 5.70. The third kappa shape index (κ3) is 3.42. The molecule has 0 atom stereocenters. The average molecular weight is 282 g/mol. The molecule has 0 radical (unpaired) electrons. The predicted molar refractivity (Wildman–Crippen MR) is 77.8 cm³/mol. The smallest absolute Gasteiger partial charge is 0.275 e. The van der Waals surface area contributed by atoms with Crippen LogP contribution in [0.2, 0.25) is 0 Å². The van der Waals surface area contributed by atoms with Gasteiger partial charge in [-0.05, 0) is 37.1 Å². The molecule has 6 heteroatoms. The second-order valence-corrected chi connectivity index (χ2v) is 4.89. The fraction of sp³-hybridized carbons (Fsp3) is 0.200. The third-order valence-corrected chi connectivity index (χ3v) is 3.15. The molecule has 1 aliphatic carbocycles. The van der Waals surface area contributed by atoms with Crippen LogP contribution in [0.25, 0.3) is 0 Å². The van der Waals surface area contributed by atoms with Gasteiger partial charge < -0.3 is 10.6 Å². The lowest BCUT2D eigenvalue weighted by atomic mass is 10.2. The van der Waals surface area contributed by atoms with Crippen molar-refractivity contribution in [2.45, 2.75) is 12.8 Å². The van der Waals surface area contributed by atoms with Gasteiger partial charge in [0.2, 0.25) is 5.91 Å². The first kappa shape index (κ1) is 13.2. The van der Waals surface area contributed by atoms with Crippen molar-refractivity contribution in [2.24, 2.45) is 5.92 Å². The largest absolute Gasteiger partial charge is 0.326 e. The number of aromatic nitrogens is 2. The molecule has 106 valence electrons. The highest BCUT2D eigenvalue weighted by molar-refractivity contribution is 6.02. The van der Waals surface area contributed by atoms with E-state index in [4.69, 9.17) is 0 Å². The van der Waals surface area contributed by atoms with Crippen LogP contribution in [0.4, 0.5) is 11.4 Å². The van der Waals surface area contributed by atoms with Crippen molar-refractivity contribution in [1.82, 2.24) is 9.97 Å². The van der Waals surface area contributed by atoms with E-state index < -0.39 is 0 Å². The summed E-state index contributed by atoms with van der Waals surface area (Å²) < 4.78 is 0. The molecule has 6 nitrogen and oxygen atoms in total. The lowest BCUT2D eigenvalue weighted by Crippen LogP contribution is -2.14. The zero-order chi connectivity index (χ0) is 14.7. The number of anilines is 2. The van der Waals surface area contributed by atoms with Gasteiger partial charge in [-0.25, -0.2) is 4.98 Å². The second-order valence-electron chi connectivity index (χ2n) is 4.89. The SMILES string of the molecule is O=C(Nc1ccc(NC(=O)C2CC2)cc1)c1cnccn1. The number of nitrogens with zero attached hydrogens (tertiary/aromatic N) is 2. The third-order valence-electron chi connectivity index (χ3n) is 3.15. The van der Waals surface area contributed by atoms with E-state index in [0.717, 1.165) is 18.5 Å². The molecule has 1 heterocycles. The molecule has 1 aromatic heterocycles. The fourth-order valence-electron chi connectivity index (χ4n) is 1.84. The Hall–Kier alpha value is -2.76. The van der Waals surface area contributed by atoms with Crippen molar-refractivity contribution in [1.29, 1.82) is 0 Å². The summed E-state index contributed by atoms with van der Waals surface area (Å²) >= 11 is 0. The molecule has 0 bridgehead atoms. The Morgan fingerprint density at radius 2 is 1.67 bits per heavy atom. The van der Waals surface area contributed by atoms with E-state index in [0.29, 0.717) is 5.69 Å². The number of carbonyl (C=O) groups excluding carboxylic acids is 2. The normalized spacial score (nSPS) is 13.5. The summed E-state index contributed by atoms with van der Waals surface area (Å²) in [5.74, 6) is -0.0924. The topological polar surface area (TPSA) is 84.0 Å². The number of amides is 2. The van der Waals surface area contributed by atoms with E-state index >= 15 is 0 Å². The van der Waals surface area contributed by atoms with Gasteiger partial charge >= 0.3 is 0 Å². The van der Waals surface area contributed by atoms with Crippen molar-refractivity contribution < 1.29 is 9.59 Å². The molecule has 0 aliphatic heterocycles. The lowest BCUT2D eigenvalue weighted by Gasteiger charge is -2.07. The van der Waals surface area contributed by atoms with Crippen molar-refractivity contribution in [2.75, 3.05) is 10.6 Å². The summed E-state index contributed by atoms with van der Waals surface area (Å²) in [5.41, 5.74) is 1.61. The molecule has 0 spiro atoms. The molecule has 3 rings (SSSR count). The standard InChI is InChI=1S/C15H14N4O2/c20-14(10-1-2-10)18-11-3-5-12(6-4-11)19-15(21)13-9-16-7-8-17-13/h3-10H,1-2H2,(H,18,20)(H,19,21). The highest BCUT2D eigenvalue weighted by Gasteiger charge is 2.29. The van der Waals surface area contributed by atoms with Gasteiger partial charge in [0.15, 0.2) is 0 Å². The van der Waals surface area contributed by atoms with E-state index in [1.807, 2.05) is 0 Å². The predicted octanol–water partition coefficient (Wildman–Crippen LogP) is 2.08. The Kier molecular flexibility index (Phi) is 3.59. The van der Waals surface area contributed by atoms with Crippen LogP contribution in [0.5, 0.6) is 0 Å². The van der Waals surface area contributed by atoms with Crippen molar-refractivity contribution in [3.05, 3.63) is 48.5 Å². The van der Waals surface area contributed by atoms with E-state index in [-0.39, 0.29) is 23.4 Å². The Labute approximate surface area is 121 Å². The van der Waals surface area contributed by atoms with E-state index in [1.54, 1.807) is 24.3 Å². The lowest BCUT2D eigenvalue weighted by molar-refractivity contribution is -0.117. The number of benzene rings is 1. The first-order chi connectivity index (χ1) is 10.2. The number of nitrogens with one attached hydrogen (secondary N) is 2. The number of hydrogen-bond acceptors (Lipinski definition) is 4. The number of carbonyl (C=O) groups is 2. The summed E-state index contributed by atoms with van der Waals surface area (Å²) in [6.45, 7) is 0. The Bertz CT molecular complexity index is 651. The van der Waals surface area contributed by atoms with Gasteiger partial charge in [0.25, 0.3) is 5.91 Å². The van der Waals surface area contributed by atoms with Crippen LogP contribution >= 0.6 is 0 Å². The molecular weight excluding hydrogens is 268 g/mol. The first-order valence-electron chi connectivity index (χ1n) is 6.70. The molecule has 1 saturated carbocycles. The highest BCUT2D eigenvalue weighted by Crippen LogP contribution is 2.30. The summed E-state index contributed by atoms with van der Waals surface area (Å²) in [5, 5.41) is 5.56. The summed E-state index contributed by atoms with van der Waals surface area (Å²) in [7, 11) is 0. The average Bonchev–Trinajstić information content (AvgIpc) is 3.35. The van der Waals surface area contributed by atoms with Crippen LogP contribution in [0.1, 0.15) is 23.3 Å². The molecule has 0 unspecified atom stereocenters. The first-order valence-corrected chi connectivity index (χ1v) is 6.70. The van der Waals surface area contributed by atoms with Gasteiger partial charge in [0.05, 0.1) is 6.20 Å². The molecule has 2 amide bonds. The van der Waals surface area contributed by atoms with Crippen LogP contribution in [-0.4, -0.2) is 21.8 Å². The quantitative estimate of drug-likeness (QED) is 0.899. The van der Waals surface area contributed by atoms with Crippen molar-refractivity contribution >= 4 is 23.2 Å². The van der Waals surface area contributed by atoms with E-state index in [1.165, 1.54) is 18.6 Å². The van der Waals surface area contributed by atoms with E-state index in [9.17, 15) is 9.59 Å².